The van der Waals surface area contributed by atoms with Crippen LogP contribution in [0.2, 0.25) is 0 Å². The van der Waals surface area contributed by atoms with Gasteiger partial charge in [0.25, 0.3) is 0 Å². The van der Waals surface area contributed by atoms with E-state index >= 15 is 0 Å². The maximum atomic E-state index is 11.7. The number of rotatable bonds is 1. The molecule has 4 rings (SSSR count). The third kappa shape index (κ3) is 2.37. The number of hydrogen-bond acceptors (Lipinski definition) is 4. The van der Waals surface area contributed by atoms with Gasteiger partial charge in [-0.05, 0) is 60.7 Å². The lowest BCUT2D eigenvalue weighted by Gasteiger charge is -2.55. The quantitative estimate of drug-likeness (QED) is 0.566. The van der Waals surface area contributed by atoms with E-state index in [1.165, 1.54) is 6.92 Å². The van der Waals surface area contributed by atoms with Gasteiger partial charge in [0.1, 0.15) is 5.76 Å². The summed E-state index contributed by atoms with van der Waals surface area (Å²) >= 11 is 0. The number of carbonyl (C=O) groups is 1. The van der Waals surface area contributed by atoms with Crippen LogP contribution in [0.3, 0.4) is 0 Å². The van der Waals surface area contributed by atoms with Gasteiger partial charge in [0.05, 0.1) is 12.2 Å². The molecule has 0 bridgehead atoms. The second-order valence-corrected chi connectivity index (χ2v) is 8.77. The first kappa shape index (κ1) is 17.0. The Morgan fingerprint density at radius 1 is 1.20 bits per heavy atom. The minimum absolute atomic E-state index is 0.101. The number of hydrogen-bond donors (Lipinski definition) is 2. The second kappa shape index (κ2) is 5.55. The number of aliphatic hydroxyl groups excluding tert-OH is 2. The van der Waals surface area contributed by atoms with Gasteiger partial charge in [0, 0.05) is 18.3 Å². The monoisotopic (exact) mass is 344 g/mol. The van der Waals surface area contributed by atoms with Crippen molar-refractivity contribution in [3.8, 4) is 0 Å². The Morgan fingerprint density at radius 3 is 2.68 bits per heavy atom. The Hall–Kier alpha value is -1.39. The molecule has 0 aromatic carbocycles. The maximum absolute atomic E-state index is 11.7. The molecule has 0 spiro atoms. The molecule has 7 atom stereocenters. The van der Waals surface area contributed by atoms with Crippen molar-refractivity contribution in [2.75, 3.05) is 0 Å². The Kier molecular flexibility index (Phi) is 3.79. The van der Waals surface area contributed by atoms with Crippen LogP contribution in [0.5, 0.6) is 0 Å². The summed E-state index contributed by atoms with van der Waals surface area (Å²) in [6, 6.07) is 0. The van der Waals surface area contributed by atoms with Gasteiger partial charge in [-0.2, -0.15) is 0 Å². The first-order valence-electron chi connectivity index (χ1n) is 9.43. The topological polar surface area (TPSA) is 66.8 Å². The summed E-state index contributed by atoms with van der Waals surface area (Å²) in [6.45, 7) is 5.87. The fraction of sp³-hybridized carbons (Fsp3) is 0.667. The maximum Gasteiger partial charge on any atom is 0.307 e. The standard InChI is InChI=1S/C21H28O4/c1-12(22)25-17-11-13-10-14(23)6-8-20(13,2)16-7-9-21(3)15(19(16)17)4-5-18(21)24/h6,8,10-11,14-16,18-19,23-24H,4-5,7,9H2,1-3H3/t14-,15-,16-,18-,19-,20-,21-/m0/s1. The van der Waals surface area contributed by atoms with Crippen LogP contribution in [0.25, 0.3) is 0 Å². The zero-order chi connectivity index (χ0) is 18.0. The van der Waals surface area contributed by atoms with E-state index in [0.717, 1.165) is 37.0 Å². The van der Waals surface area contributed by atoms with Gasteiger partial charge in [-0.3, -0.25) is 4.79 Å². The van der Waals surface area contributed by atoms with E-state index in [1.54, 1.807) is 0 Å². The molecule has 0 aromatic rings. The van der Waals surface area contributed by atoms with Crippen LogP contribution in [-0.4, -0.2) is 28.4 Å². The van der Waals surface area contributed by atoms with Gasteiger partial charge in [-0.15, -0.1) is 0 Å². The lowest BCUT2D eigenvalue weighted by atomic mass is 9.49. The molecule has 2 N–H and O–H groups in total. The molecule has 4 aliphatic rings. The molecule has 25 heavy (non-hydrogen) atoms. The number of esters is 1. The van der Waals surface area contributed by atoms with Gasteiger partial charge < -0.3 is 14.9 Å². The van der Waals surface area contributed by atoms with E-state index in [9.17, 15) is 15.0 Å². The smallest absolute Gasteiger partial charge is 0.307 e. The predicted octanol–water partition coefficient (Wildman–Crippen LogP) is 3.11. The lowest BCUT2D eigenvalue weighted by Crippen LogP contribution is -2.51. The highest BCUT2D eigenvalue weighted by Gasteiger charge is 2.59. The van der Waals surface area contributed by atoms with E-state index in [-0.39, 0.29) is 28.8 Å². The van der Waals surface area contributed by atoms with Crippen LogP contribution in [0.1, 0.15) is 46.5 Å². The summed E-state index contributed by atoms with van der Waals surface area (Å²) < 4.78 is 5.67. The minimum atomic E-state index is -0.586. The number of allylic oxidation sites excluding steroid dienone is 4. The number of carbonyl (C=O) groups excluding carboxylic acids is 1. The van der Waals surface area contributed by atoms with Crippen molar-refractivity contribution in [1.29, 1.82) is 0 Å². The molecule has 2 fully saturated rings. The molecule has 0 heterocycles. The molecular formula is C21H28O4. The van der Waals surface area contributed by atoms with Crippen LogP contribution in [0, 0.1) is 28.6 Å². The molecule has 4 heteroatoms. The average molecular weight is 344 g/mol. The summed E-state index contributed by atoms with van der Waals surface area (Å²) in [6.07, 6.45) is 10.8. The number of ether oxygens (including phenoxy) is 1. The Bertz CT molecular complexity index is 690. The number of aliphatic hydroxyl groups is 2. The molecule has 0 saturated heterocycles. The highest BCUT2D eigenvalue weighted by molar-refractivity contribution is 5.67. The Balaban J connectivity index is 1.83. The van der Waals surface area contributed by atoms with E-state index in [0.29, 0.717) is 11.8 Å². The molecule has 0 amide bonds. The van der Waals surface area contributed by atoms with Crippen molar-refractivity contribution in [2.45, 2.75) is 58.7 Å². The largest absolute Gasteiger partial charge is 0.431 e. The van der Waals surface area contributed by atoms with Gasteiger partial charge in [-0.25, -0.2) is 0 Å². The summed E-state index contributed by atoms with van der Waals surface area (Å²) in [7, 11) is 0. The normalized spacial score (nSPS) is 48.0. The third-order valence-electron chi connectivity index (χ3n) is 7.49. The van der Waals surface area contributed by atoms with E-state index in [4.69, 9.17) is 4.74 Å². The first-order chi connectivity index (χ1) is 11.8. The molecule has 0 radical (unpaired) electrons. The summed E-state index contributed by atoms with van der Waals surface area (Å²) in [5.41, 5.74) is 0.792. The third-order valence-corrected chi connectivity index (χ3v) is 7.49. The van der Waals surface area contributed by atoms with Crippen LogP contribution >= 0.6 is 0 Å². The second-order valence-electron chi connectivity index (χ2n) is 8.77. The van der Waals surface area contributed by atoms with Crippen molar-refractivity contribution in [1.82, 2.24) is 0 Å². The van der Waals surface area contributed by atoms with Gasteiger partial charge in [0.2, 0.25) is 0 Å². The molecular weight excluding hydrogens is 316 g/mol. The van der Waals surface area contributed by atoms with Crippen molar-refractivity contribution < 1.29 is 19.7 Å². The minimum Gasteiger partial charge on any atom is -0.431 e. The summed E-state index contributed by atoms with van der Waals surface area (Å²) in [5.74, 6) is 1.22. The van der Waals surface area contributed by atoms with E-state index in [1.807, 2.05) is 18.2 Å². The fourth-order valence-corrected chi connectivity index (χ4v) is 6.05. The molecule has 2 saturated carbocycles. The van der Waals surface area contributed by atoms with Crippen molar-refractivity contribution in [2.24, 2.45) is 28.6 Å². The van der Waals surface area contributed by atoms with Crippen molar-refractivity contribution in [3.63, 3.8) is 0 Å². The van der Waals surface area contributed by atoms with Gasteiger partial charge >= 0.3 is 5.97 Å². The van der Waals surface area contributed by atoms with Crippen LogP contribution in [0.4, 0.5) is 0 Å². The van der Waals surface area contributed by atoms with Gasteiger partial charge in [-0.1, -0.05) is 26.0 Å². The molecule has 136 valence electrons. The van der Waals surface area contributed by atoms with E-state index in [2.05, 4.69) is 19.9 Å². The lowest BCUT2D eigenvalue weighted by molar-refractivity contribution is -0.140. The van der Waals surface area contributed by atoms with E-state index < -0.39 is 6.10 Å². The van der Waals surface area contributed by atoms with Crippen molar-refractivity contribution >= 4 is 5.97 Å². The summed E-state index contributed by atoms with van der Waals surface area (Å²) in [4.78, 5) is 11.7. The number of fused-ring (bicyclic) bond motifs is 5. The fourth-order valence-electron chi connectivity index (χ4n) is 6.05. The van der Waals surface area contributed by atoms with Gasteiger partial charge in [0.15, 0.2) is 0 Å². The highest BCUT2D eigenvalue weighted by Crippen LogP contribution is 2.64. The Morgan fingerprint density at radius 2 is 1.96 bits per heavy atom. The zero-order valence-corrected chi connectivity index (χ0v) is 15.2. The SMILES string of the molecule is CC(=O)OC1=CC2=C[C@@H](O)C=C[C@]2(C)[C@H]2CC[C@]3(C)[C@@H](O)CC[C@H]3[C@H]12. The van der Waals surface area contributed by atoms with Crippen LogP contribution in [0.15, 0.2) is 35.6 Å². The molecule has 0 unspecified atom stereocenters. The molecule has 0 aliphatic heterocycles. The Labute approximate surface area is 149 Å². The zero-order valence-electron chi connectivity index (χ0n) is 15.2. The van der Waals surface area contributed by atoms with Crippen LogP contribution < -0.4 is 0 Å². The first-order valence-corrected chi connectivity index (χ1v) is 9.43. The predicted molar refractivity (Wildman–Crippen MR) is 94.2 cm³/mol. The molecule has 0 aromatic heterocycles. The average Bonchev–Trinajstić information content (AvgIpc) is 2.84. The van der Waals surface area contributed by atoms with Crippen molar-refractivity contribution in [3.05, 3.63) is 35.6 Å². The molecule has 4 nitrogen and oxygen atoms in total. The summed E-state index contributed by atoms with van der Waals surface area (Å²) in [5, 5.41) is 20.6. The van der Waals surface area contributed by atoms with Crippen LogP contribution in [-0.2, 0) is 9.53 Å². The molecule has 4 aliphatic carbocycles. The highest BCUT2D eigenvalue weighted by atomic mass is 16.5.